The maximum atomic E-state index is 5.91. The number of aryl methyl sites for hydroxylation is 1. The Labute approximate surface area is 110 Å². The molecule has 0 fully saturated rings. The summed E-state index contributed by atoms with van der Waals surface area (Å²) in [7, 11) is 0. The van der Waals surface area contributed by atoms with Gasteiger partial charge in [0.15, 0.2) is 0 Å². The summed E-state index contributed by atoms with van der Waals surface area (Å²) < 4.78 is 0. The van der Waals surface area contributed by atoms with Crippen LogP contribution in [0.2, 0.25) is 10.0 Å². The van der Waals surface area contributed by atoms with Crippen molar-refractivity contribution in [3.05, 3.63) is 63.4 Å². The van der Waals surface area contributed by atoms with Crippen molar-refractivity contribution in [1.82, 2.24) is 4.98 Å². The third-order valence-corrected chi connectivity index (χ3v) is 2.88. The van der Waals surface area contributed by atoms with E-state index < -0.39 is 0 Å². The lowest BCUT2D eigenvalue weighted by Crippen LogP contribution is -1.84. The molecule has 2 aromatic rings. The van der Waals surface area contributed by atoms with Crippen molar-refractivity contribution in [3.8, 4) is 11.8 Å². The van der Waals surface area contributed by atoms with Crippen LogP contribution >= 0.6 is 23.2 Å². The molecule has 0 radical (unpaired) electrons. The van der Waals surface area contributed by atoms with Gasteiger partial charge in [-0.15, -0.1) is 0 Å². The fraction of sp³-hybridized carbons (Fsp3) is 0.0714. The smallest absolute Gasteiger partial charge is 0.113 e. The summed E-state index contributed by atoms with van der Waals surface area (Å²) in [4.78, 5) is 4.30. The molecule has 1 aromatic heterocycles. The lowest BCUT2D eigenvalue weighted by molar-refractivity contribution is 1.18. The van der Waals surface area contributed by atoms with Crippen LogP contribution in [0.15, 0.2) is 36.4 Å². The Balaban J connectivity index is 2.30. The SMILES string of the molecule is Cc1cccc(C#Cc2ccc(Cl)c(Cl)c2)n1. The number of halogens is 2. The van der Waals surface area contributed by atoms with Gasteiger partial charge in [-0.25, -0.2) is 4.98 Å². The summed E-state index contributed by atoms with van der Waals surface area (Å²) in [5.74, 6) is 5.99. The predicted molar refractivity (Wildman–Crippen MR) is 71.4 cm³/mol. The predicted octanol–water partition coefficient (Wildman–Crippen LogP) is 4.10. The van der Waals surface area contributed by atoms with Crippen LogP contribution < -0.4 is 0 Å². The van der Waals surface area contributed by atoms with Crippen LogP contribution in [0.5, 0.6) is 0 Å². The Morgan fingerprint density at radius 2 is 1.82 bits per heavy atom. The summed E-state index contributed by atoms with van der Waals surface area (Å²) in [6.07, 6.45) is 0. The van der Waals surface area contributed by atoms with Crippen molar-refractivity contribution in [2.45, 2.75) is 6.92 Å². The second-order valence-electron chi connectivity index (χ2n) is 3.54. The van der Waals surface area contributed by atoms with Gasteiger partial charge < -0.3 is 0 Å². The highest BCUT2D eigenvalue weighted by Crippen LogP contribution is 2.22. The fourth-order valence-electron chi connectivity index (χ4n) is 1.32. The molecule has 0 spiro atoms. The molecule has 2 rings (SSSR count). The van der Waals surface area contributed by atoms with Gasteiger partial charge in [0.1, 0.15) is 5.69 Å². The van der Waals surface area contributed by atoms with Crippen LogP contribution in [0.4, 0.5) is 0 Å². The summed E-state index contributed by atoms with van der Waals surface area (Å²) in [5.41, 5.74) is 2.52. The molecule has 84 valence electrons. The second kappa shape index (κ2) is 5.23. The zero-order valence-electron chi connectivity index (χ0n) is 9.17. The zero-order valence-corrected chi connectivity index (χ0v) is 10.7. The third-order valence-electron chi connectivity index (χ3n) is 2.14. The van der Waals surface area contributed by atoms with E-state index in [0.717, 1.165) is 17.0 Å². The van der Waals surface area contributed by atoms with Crippen LogP contribution in [0, 0.1) is 18.8 Å². The van der Waals surface area contributed by atoms with Crippen molar-refractivity contribution in [3.63, 3.8) is 0 Å². The van der Waals surface area contributed by atoms with Gasteiger partial charge in [-0.1, -0.05) is 35.2 Å². The van der Waals surface area contributed by atoms with E-state index in [0.29, 0.717) is 10.0 Å². The molecular formula is C14H9Cl2N. The normalized spacial score (nSPS) is 9.59. The maximum absolute atomic E-state index is 5.91. The summed E-state index contributed by atoms with van der Waals surface area (Å²) in [6.45, 7) is 1.93. The second-order valence-corrected chi connectivity index (χ2v) is 4.36. The largest absolute Gasteiger partial charge is 0.245 e. The lowest BCUT2D eigenvalue weighted by atomic mass is 10.2. The molecular weight excluding hydrogens is 253 g/mol. The summed E-state index contributed by atoms with van der Waals surface area (Å²) in [5, 5.41) is 1.04. The van der Waals surface area contributed by atoms with E-state index in [2.05, 4.69) is 16.8 Å². The molecule has 0 bridgehead atoms. The van der Waals surface area contributed by atoms with Crippen LogP contribution in [0.1, 0.15) is 17.0 Å². The first-order valence-corrected chi connectivity index (χ1v) is 5.81. The Bertz CT molecular complexity index is 609. The van der Waals surface area contributed by atoms with E-state index >= 15 is 0 Å². The minimum absolute atomic E-state index is 0.510. The lowest BCUT2D eigenvalue weighted by Gasteiger charge is -1.95. The number of rotatable bonds is 0. The highest BCUT2D eigenvalue weighted by atomic mass is 35.5. The van der Waals surface area contributed by atoms with Gasteiger partial charge in [-0.05, 0) is 43.2 Å². The van der Waals surface area contributed by atoms with E-state index in [1.54, 1.807) is 12.1 Å². The number of aromatic nitrogens is 1. The molecule has 1 nitrogen and oxygen atoms in total. The fourth-order valence-corrected chi connectivity index (χ4v) is 1.62. The molecule has 1 aromatic carbocycles. The quantitative estimate of drug-likeness (QED) is 0.651. The summed E-state index contributed by atoms with van der Waals surface area (Å²) >= 11 is 11.7. The standard InChI is InChI=1S/C14H9Cl2N/c1-10-3-2-4-12(17-10)7-5-11-6-8-13(15)14(16)9-11/h2-4,6,8-9H,1H3. The monoisotopic (exact) mass is 261 g/mol. The van der Waals surface area contributed by atoms with Crippen molar-refractivity contribution in [1.29, 1.82) is 0 Å². The van der Waals surface area contributed by atoms with E-state index in [1.807, 2.05) is 31.2 Å². The molecule has 0 saturated heterocycles. The van der Waals surface area contributed by atoms with E-state index in [9.17, 15) is 0 Å². The average Bonchev–Trinajstić information content (AvgIpc) is 2.31. The molecule has 0 aliphatic rings. The molecule has 0 aliphatic heterocycles. The van der Waals surface area contributed by atoms with E-state index in [-0.39, 0.29) is 0 Å². The van der Waals surface area contributed by atoms with Gasteiger partial charge in [-0.2, -0.15) is 0 Å². The first kappa shape index (κ1) is 12.0. The minimum atomic E-state index is 0.510. The van der Waals surface area contributed by atoms with Crippen LogP contribution in [-0.2, 0) is 0 Å². The highest BCUT2D eigenvalue weighted by Gasteiger charge is 1.96. The topological polar surface area (TPSA) is 12.9 Å². The molecule has 3 heteroatoms. The Hall–Kier alpha value is -1.49. The molecule has 0 N–H and O–H groups in total. The number of hydrogen-bond acceptors (Lipinski definition) is 1. The molecule has 1 heterocycles. The molecule has 17 heavy (non-hydrogen) atoms. The van der Waals surface area contributed by atoms with Gasteiger partial charge in [0, 0.05) is 11.3 Å². The van der Waals surface area contributed by atoms with E-state index in [4.69, 9.17) is 23.2 Å². The maximum Gasteiger partial charge on any atom is 0.113 e. The van der Waals surface area contributed by atoms with Crippen molar-refractivity contribution in [2.75, 3.05) is 0 Å². The molecule has 0 amide bonds. The number of pyridine rings is 1. The Morgan fingerprint density at radius 1 is 1.00 bits per heavy atom. The zero-order chi connectivity index (χ0) is 12.3. The number of hydrogen-bond donors (Lipinski definition) is 0. The van der Waals surface area contributed by atoms with Crippen molar-refractivity contribution < 1.29 is 0 Å². The number of nitrogens with zero attached hydrogens (tertiary/aromatic N) is 1. The number of benzene rings is 1. The van der Waals surface area contributed by atoms with Gasteiger partial charge >= 0.3 is 0 Å². The van der Waals surface area contributed by atoms with E-state index in [1.165, 1.54) is 0 Å². The Kier molecular flexibility index (Phi) is 3.68. The van der Waals surface area contributed by atoms with Crippen molar-refractivity contribution in [2.24, 2.45) is 0 Å². The molecule has 0 saturated carbocycles. The van der Waals surface area contributed by atoms with Crippen LogP contribution in [0.3, 0.4) is 0 Å². The average molecular weight is 262 g/mol. The minimum Gasteiger partial charge on any atom is -0.245 e. The van der Waals surface area contributed by atoms with Crippen LogP contribution in [0.25, 0.3) is 0 Å². The van der Waals surface area contributed by atoms with Crippen molar-refractivity contribution >= 4 is 23.2 Å². The molecule has 0 unspecified atom stereocenters. The van der Waals surface area contributed by atoms with Crippen LogP contribution in [-0.4, -0.2) is 4.98 Å². The molecule has 0 atom stereocenters. The molecule has 0 aliphatic carbocycles. The first-order valence-electron chi connectivity index (χ1n) is 5.06. The third kappa shape index (κ3) is 3.23. The Morgan fingerprint density at radius 3 is 2.53 bits per heavy atom. The van der Waals surface area contributed by atoms with Gasteiger partial charge in [0.25, 0.3) is 0 Å². The van der Waals surface area contributed by atoms with Gasteiger partial charge in [0.2, 0.25) is 0 Å². The summed E-state index contributed by atoms with van der Waals surface area (Å²) in [6, 6.07) is 11.0. The van der Waals surface area contributed by atoms with Gasteiger partial charge in [0.05, 0.1) is 10.0 Å². The first-order chi connectivity index (χ1) is 8.15. The highest BCUT2D eigenvalue weighted by molar-refractivity contribution is 6.42. The van der Waals surface area contributed by atoms with Gasteiger partial charge in [-0.3, -0.25) is 0 Å².